The van der Waals surface area contributed by atoms with Crippen LogP contribution in [-0.4, -0.2) is 25.2 Å². The molecule has 7 heteroatoms. The van der Waals surface area contributed by atoms with E-state index in [-0.39, 0.29) is 0 Å². The maximum atomic E-state index is 4.42. The summed E-state index contributed by atoms with van der Waals surface area (Å²) in [4.78, 5) is 5.69. The Kier molecular flexibility index (Phi) is 3.42. The van der Waals surface area contributed by atoms with Gasteiger partial charge in [0.1, 0.15) is 6.33 Å². The summed E-state index contributed by atoms with van der Waals surface area (Å²) in [6.45, 7) is 4.87. The van der Waals surface area contributed by atoms with Gasteiger partial charge in [0.2, 0.25) is 0 Å². The monoisotopic (exact) mass is 286 g/mol. The predicted octanol–water partition coefficient (Wildman–Crippen LogP) is 2.35. The molecule has 0 saturated heterocycles. The van der Waals surface area contributed by atoms with E-state index in [1.165, 1.54) is 4.88 Å². The van der Waals surface area contributed by atoms with Crippen molar-refractivity contribution >= 4 is 17.0 Å². The lowest BCUT2D eigenvalue weighted by atomic mass is 10.2. The van der Waals surface area contributed by atoms with Gasteiger partial charge >= 0.3 is 0 Å². The number of anilines is 1. The van der Waals surface area contributed by atoms with Crippen LogP contribution in [-0.2, 0) is 6.54 Å². The van der Waals surface area contributed by atoms with E-state index < -0.39 is 0 Å². The van der Waals surface area contributed by atoms with Gasteiger partial charge in [-0.05, 0) is 48.5 Å². The molecule has 0 fully saturated rings. The summed E-state index contributed by atoms with van der Waals surface area (Å²) in [5, 5.41) is 15.6. The zero-order valence-corrected chi connectivity index (χ0v) is 12.1. The van der Waals surface area contributed by atoms with Crippen molar-refractivity contribution in [3.63, 3.8) is 0 Å². The Labute approximate surface area is 120 Å². The van der Waals surface area contributed by atoms with Gasteiger partial charge in [0.25, 0.3) is 0 Å². The average Bonchev–Trinajstić information content (AvgIpc) is 3.07. The summed E-state index contributed by atoms with van der Waals surface area (Å²) in [5.74, 6) is 0. The highest BCUT2D eigenvalue weighted by atomic mass is 32.1. The molecular formula is C13H14N6S. The second kappa shape index (κ2) is 5.38. The minimum atomic E-state index is 0.793. The molecule has 0 spiro atoms. The fourth-order valence-corrected chi connectivity index (χ4v) is 2.81. The van der Waals surface area contributed by atoms with Crippen LogP contribution in [0.25, 0.3) is 5.69 Å². The third-order valence-corrected chi connectivity index (χ3v) is 4.01. The van der Waals surface area contributed by atoms with E-state index in [2.05, 4.69) is 25.8 Å². The van der Waals surface area contributed by atoms with E-state index in [0.29, 0.717) is 0 Å². The topological polar surface area (TPSA) is 68.5 Å². The molecule has 0 unspecified atom stereocenters. The zero-order chi connectivity index (χ0) is 13.9. The molecule has 102 valence electrons. The number of nitrogens with zero attached hydrogens (tertiary/aromatic N) is 5. The highest BCUT2D eigenvalue weighted by Gasteiger charge is 2.04. The summed E-state index contributed by atoms with van der Waals surface area (Å²) >= 11 is 1.73. The van der Waals surface area contributed by atoms with Crippen LogP contribution in [0.5, 0.6) is 0 Å². The van der Waals surface area contributed by atoms with Crippen molar-refractivity contribution in [3.05, 3.63) is 46.2 Å². The van der Waals surface area contributed by atoms with Crippen molar-refractivity contribution < 1.29 is 0 Å². The summed E-state index contributed by atoms with van der Waals surface area (Å²) in [5.41, 5.74) is 3.10. The number of benzene rings is 1. The van der Waals surface area contributed by atoms with Crippen LogP contribution < -0.4 is 5.32 Å². The van der Waals surface area contributed by atoms with Crippen molar-refractivity contribution in [2.45, 2.75) is 20.4 Å². The molecule has 2 heterocycles. The SMILES string of the molecule is Cc1nc(C)c(CNc2ccc(-n3cnnn3)cc2)s1. The van der Waals surface area contributed by atoms with Crippen molar-refractivity contribution in [1.82, 2.24) is 25.2 Å². The van der Waals surface area contributed by atoms with Crippen molar-refractivity contribution in [3.8, 4) is 5.69 Å². The fourth-order valence-electron chi connectivity index (χ4n) is 1.93. The Hall–Kier alpha value is -2.28. The number of hydrogen-bond donors (Lipinski definition) is 1. The maximum absolute atomic E-state index is 4.42. The van der Waals surface area contributed by atoms with Gasteiger partial charge in [-0.25, -0.2) is 9.67 Å². The minimum absolute atomic E-state index is 0.793. The molecule has 0 aliphatic carbocycles. The molecule has 0 atom stereocenters. The molecule has 3 aromatic rings. The van der Waals surface area contributed by atoms with Crippen LogP contribution >= 0.6 is 11.3 Å². The lowest BCUT2D eigenvalue weighted by molar-refractivity contribution is 0.789. The van der Waals surface area contributed by atoms with Gasteiger partial charge in [-0.15, -0.1) is 16.4 Å². The van der Waals surface area contributed by atoms with Crippen LogP contribution in [0.3, 0.4) is 0 Å². The van der Waals surface area contributed by atoms with Crippen LogP contribution in [0.1, 0.15) is 15.6 Å². The summed E-state index contributed by atoms with van der Waals surface area (Å²) in [6, 6.07) is 7.98. The second-order valence-corrected chi connectivity index (χ2v) is 5.68. The second-order valence-electron chi connectivity index (χ2n) is 4.40. The highest BCUT2D eigenvalue weighted by molar-refractivity contribution is 7.11. The first-order valence-electron chi connectivity index (χ1n) is 6.22. The molecule has 3 rings (SSSR count). The summed E-state index contributed by atoms with van der Waals surface area (Å²) in [7, 11) is 0. The van der Waals surface area contributed by atoms with E-state index in [4.69, 9.17) is 0 Å². The molecule has 6 nitrogen and oxygen atoms in total. The maximum Gasteiger partial charge on any atom is 0.143 e. The number of aromatic nitrogens is 5. The first kappa shape index (κ1) is 12.7. The fraction of sp³-hybridized carbons (Fsp3) is 0.231. The quantitative estimate of drug-likeness (QED) is 0.797. The van der Waals surface area contributed by atoms with E-state index in [1.54, 1.807) is 22.3 Å². The van der Waals surface area contributed by atoms with E-state index in [1.807, 2.05) is 38.1 Å². The predicted molar refractivity (Wildman–Crippen MR) is 78.1 cm³/mol. The summed E-state index contributed by atoms with van der Waals surface area (Å²) < 4.78 is 1.63. The third-order valence-electron chi connectivity index (χ3n) is 2.93. The molecule has 1 N–H and O–H groups in total. The number of rotatable bonds is 4. The van der Waals surface area contributed by atoms with Gasteiger partial charge in [-0.2, -0.15) is 0 Å². The van der Waals surface area contributed by atoms with E-state index in [0.717, 1.165) is 28.6 Å². The van der Waals surface area contributed by atoms with Crippen LogP contribution in [0.2, 0.25) is 0 Å². The largest absolute Gasteiger partial charge is 0.380 e. The lowest BCUT2D eigenvalue weighted by Gasteiger charge is -2.06. The molecule has 0 aliphatic heterocycles. The zero-order valence-electron chi connectivity index (χ0n) is 11.2. The van der Waals surface area contributed by atoms with Gasteiger partial charge in [0.15, 0.2) is 0 Å². The van der Waals surface area contributed by atoms with Gasteiger partial charge < -0.3 is 5.32 Å². The summed E-state index contributed by atoms with van der Waals surface area (Å²) in [6.07, 6.45) is 1.58. The van der Waals surface area contributed by atoms with Crippen molar-refractivity contribution in [1.29, 1.82) is 0 Å². The van der Waals surface area contributed by atoms with Gasteiger partial charge in [-0.1, -0.05) is 0 Å². The first-order chi connectivity index (χ1) is 9.72. The van der Waals surface area contributed by atoms with Crippen LogP contribution in [0.4, 0.5) is 5.69 Å². The van der Waals surface area contributed by atoms with Crippen LogP contribution in [0.15, 0.2) is 30.6 Å². The standard InChI is InChI=1S/C13H14N6S/c1-9-13(20-10(2)16-9)7-14-11-3-5-12(6-4-11)19-8-15-17-18-19/h3-6,8,14H,7H2,1-2H3. The van der Waals surface area contributed by atoms with Crippen molar-refractivity contribution in [2.24, 2.45) is 0 Å². The number of thiazole rings is 1. The Morgan fingerprint density at radius 3 is 2.60 bits per heavy atom. The Morgan fingerprint density at radius 2 is 2.00 bits per heavy atom. The number of aryl methyl sites for hydroxylation is 2. The molecule has 2 aromatic heterocycles. The van der Waals surface area contributed by atoms with E-state index >= 15 is 0 Å². The number of nitrogens with one attached hydrogen (secondary N) is 1. The number of hydrogen-bond acceptors (Lipinski definition) is 6. The van der Waals surface area contributed by atoms with E-state index in [9.17, 15) is 0 Å². The van der Waals surface area contributed by atoms with Crippen molar-refractivity contribution in [2.75, 3.05) is 5.32 Å². The first-order valence-corrected chi connectivity index (χ1v) is 7.04. The molecule has 0 aliphatic rings. The Bertz CT molecular complexity index is 686. The Morgan fingerprint density at radius 1 is 1.20 bits per heavy atom. The van der Waals surface area contributed by atoms with Crippen LogP contribution in [0, 0.1) is 13.8 Å². The minimum Gasteiger partial charge on any atom is -0.380 e. The lowest BCUT2D eigenvalue weighted by Crippen LogP contribution is -2.00. The highest BCUT2D eigenvalue weighted by Crippen LogP contribution is 2.19. The molecule has 1 aromatic carbocycles. The molecule has 20 heavy (non-hydrogen) atoms. The third kappa shape index (κ3) is 2.67. The Balaban J connectivity index is 1.68. The molecule has 0 saturated carbocycles. The number of tetrazole rings is 1. The molecule has 0 bridgehead atoms. The molecule has 0 amide bonds. The molecule has 0 radical (unpaired) electrons. The van der Waals surface area contributed by atoms with Gasteiger partial charge in [0, 0.05) is 10.6 Å². The molecular weight excluding hydrogens is 272 g/mol. The van der Waals surface area contributed by atoms with Gasteiger partial charge in [-0.3, -0.25) is 0 Å². The average molecular weight is 286 g/mol. The van der Waals surface area contributed by atoms with Gasteiger partial charge in [0.05, 0.1) is 22.9 Å². The normalized spacial score (nSPS) is 10.7. The smallest absolute Gasteiger partial charge is 0.143 e.